The molecule has 8 heteroatoms. The SMILES string of the molecule is O=c1c2cc(-c3nc(-c4ccccc4)nc(-c4ccccc4)n3)ccc2n2c3cc4c5cc(-c6ccccc6)ccc5n(-c5ccccc5)c4cc3c(=O)n12. The van der Waals surface area contributed by atoms with E-state index in [0.29, 0.717) is 44.8 Å². The van der Waals surface area contributed by atoms with Gasteiger partial charge in [0.25, 0.3) is 11.1 Å². The first-order chi connectivity index (χ1) is 27.1. The van der Waals surface area contributed by atoms with E-state index in [1.807, 2.05) is 115 Å². The number of benzene rings is 7. The van der Waals surface area contributed by atoms with Crippen molar-refractivity contribution in [3.63, 3.8) is 0 Å². The number of fused-ring (bicyclic) bond motifs is 8. The Morgan fingerprint density at radius 1 is 0.327 bits per heavy atom. The zero-order chi connectivity index (χ0) is 36.6. The molecule has 0 fully saturated rings. The molecule has 0 spiro atoms. The highest BCUT2D eigenvalue weighted by molar-refractivity contribution is 6.14. The molecule has 11 aromatic rings. The Kier molecular flexibility index (Phi) is 6.69. The third-order valence-corrected chi connectivity index (χ3v) is 10.5. The van der Waals surface area contributed by atoms with Crippen molar-refractivity contribution in [2.75, 3.05) is 0 Å². The van der Waals surface area contributed by atoms with Gasteiger partial charge in [-0.3, -0.25) is 9.59 Å². The molecule has 8 nitrogen and oxygen atoms in total. The Morgan fingerprint density at radius 3 is 1.40 bits per heavy atom. The summed E-state index contributed by atoms with van der Waals surface area (Å²) in [6.07, 6.45) is 0. The highest BCUT2D eigenvalue weighted by Gasteiger charge is 2.22. The molecule has 0 unspecified atom stereocenters. The average molecular weight is 709 g/mol. The number of aromatic nitrogens is 6. The van der Waals surface area contributed by atoms with Gasteiger partial charge in [-0.25, -0.2) is 19.5 Å². The largest absolute Gasteiger partial charge is 0.309 e. The number of para-hydroxylation sites is 1. The van der Waals surface area contributed by atoms with Crippen LogP contribution in [0, 0.1) is 0 Å². The van der Waals surface area contributed by atoms with Crippen LogP contribution >= 0.6 is 0 Å². The van der Waals surface area contributed by atoms with Gasteiger partial charge in [-0.05, 0) is 65.7 Å². The lowest BCUT2D eigenvalue weighted by Gasteiger charge is -2.08. The molecule has 258 valence electrons. The first-order valence-electron chi connectivity index (χ1n) is 18.0. The van der Waals surface area contributed by atoms with Crippen molar-refractivity contribution in [1.82, 2.24) is 28.5 Å². The fourth-order valence-electron chi connectivity index (χ4n) is 7.88. The predicted octanol–water partition coefficient (Wildman–Crippen LogP) is 9.45. The zero-order valence-electron chi connectivity index (χ0n) is 29.2. The number of hydrogen-bond donors (Lipinski definition) is 0. The minimum Gasteiger partial charge on any atom is -0.309 e. The average Bonchev–Trinajstić information content (AvgIpc) is 3.85. The molecule has 0 aliphatic rings. The number of hydrogen-bond acceptors (Lipinski definition) is 5. The molecule has 0 bridgehead atoms. The van der Waals surface area contributed by atoms with Gasteiger partial charge in [0.05, 0.1) is 32.8 Å². The van der Waals surface area contributed by atoms with E-state index in [4.69, 9.17) is 15.0 Å². The summed E-state index contributed by atoms with van der Waals surface area (Å²) < 4.78 is 5.19. The summed E-state index contributed by atoms with van der Waals surface area (Å²) in [6, 6.07) is 56.0. The molecule has 4 heterocycles. The summed E-state index contributed by atoms with van der Waals surface area (Å²) in [5, 5.41) is 2.90. The lowest BCUT2D eigenvalue weighted by Crippen LogP contribution is -2.21. The van der Waals surface area contributed by atoms with Crippen molar-refractivity contribution in [2.45, 2.75) is 0 Å². The monoisotopic (exact) mass is 708 g/mol. The molecule has 0 aliphatic carbocycles. The van der Waals surface area contributed by atoms with Gasteiger partial charge in [-0.1, -0.05) is 115 Å². The summed E-state index contributed by atoms with van der Waals surface area (Å²) in [5.41, 5.74) is 7.98. The van der Waals surface area contributed by atoms with Crippen LogP contribution in [0.5, 0.6) is 0 Å². The summed E-state index contributed by atoms with van der Waals surface area (Å²) in [6.45, 7) is 0. The Bertz CT molecular complexity index is 3340. The Morgan fingerprint density at radius 2 is 0.782 bits per heavy atom. The molecule has 0 atom stereocenters. The van der Waals surface area contributed by atoms with Crippen LogP contribution in [0.2, 0.25) is 0 Å². The van der Waals surface area contributed by atoms with Gasteiger partial charge in [0.1, 0.15) is 0 Å². The second-order valence-corrected chi connectivity index (χ2v) is 13.7. The van der Waals surface area contributed by atoms with Crippen LogP contribution in [-0.2, 0) is 0 Å². The highest BCUT2D eigenvalue weighted by Crippen LogP contribution is 2.37. The van der Waals surface area contributed by atoms with Crippen LogP contribution in [0.15, 0.2) is 179 Å². The van der Waals surface area contributed by atoms with E-state index in [0.717, 1.165) is 49.7 Å². The third kappa shape index (κ3) is 4.75. The lowest BCUT2D eigenvalue weighted by atomic mass is 10.0. The first-order valence-corrected chi connectivity index (χ1v) is 18.0. The van der Waals surface area contributed by atoms with E-state index in [9.17, 15) is 9.59 Å². The fraction of sp³-hybridized carbons (Fsp3) is 0. The van der Waals surface area contributed by atoms with Gasteiger partial charge in [-0.15, -0.1) is 0 Å². The van der Waals surface area contributed by atoms with Crippen molar-refractivity contribution >= 4 is 43.6 Å². The zero-order valence-corrected chi connectivity index (χ0v) is 29.2. The van der Waals surface area contributed by atoms with Gasteiger partial charge < -0.3 is 4.57 Å². The van der Waals surface area contributed by atoms with Crippen molar-refractivity contribution < 1.29 is 0 Å². The number of rotatable bonds is 5. The van der Waals surface area contributed by atoms with E-state index < -0.39 is 5.56 Å². The Labute approximate surface area is 312 Å². The van der Waals surface area contributed by atoms with Gasteiger partial charge in [-0.2, -0.15) is 4.52 Å². The van der Waals surface area contributed by atoms with Crippen LogP contribution in [0.25, 0.3) is 94.6 Å². The topological polar surface area (TPSA) is 86.6 Å². The molecule has 0 N–H and O–H groups in total. The van der Waals surface area contributed by atoms with E-state index >= 15 is 0 Å². The molecule has 7 aromatic carbocycles. The van der Waals surface area contributed by atoms with Gasteiger partial charge in [0.2, 0.25) is 0 Å². The molecule has 0 saturated carbocycles. The van der Waals surface area contributed by atoms with E-state index in [1.54, 1.807) is 10.6 Å². The fourth-order valence-corrected chi connectivity index (χ4v) is 7.88. The van der Waals surface area contributed by atoms with Crippen molar-refractivity contribution in [1.29, 1.82) is 0 Å². The Hall–Kier alpha value is -7.71. The molecule has 0 amide bonds. The van der Waals surface area contributed by atoms with Crippen LogP contribution in [0.1, 0.15) is 0 Å². The molecule has 0 aliphatic heterocycles. The standard InChI is InChI=1S/C47H28N6O2/c54-46-37-26-33(45-49-43(30-15-7-2-8-16-30)48-44(50-45)31-17-9-3-10-18-31)22-24-40(37)52-42-27-36-35-25-32(29-13-5-1-6-14-29)21-23-39(35)51(34-19-11-4-12-20-34)41(36)28-38(42)47(55)53(46)52/h1-28H. The van der Waals surface area contributed by atoms with Crippen molar-refractivity contribution in [2.24, 2.45) is 0 Å². The van der Waals surface area contributed by atoms with Gasteiger partial charge in [0.15, 0.2) is 17.5 Å². The van der Waals surface area contributed by atoms with Gasteiger partial charge >= 0.3 is 0 Å². The summed E-state index contributed by atoms with van der Waals surface area (Å²) >= 11 is 0. The molecule has 11 rings (SSSR count). The van der Waals surface area contributed by atoms with Crippen LogP contribution < -0.4 is 11.1 Å². The molecule has 55 heavy (non-hydrogen) atoms. The molecular weight excluding hydrogens is 681 g/mol. The summed E-state index contributed by atoms with van der Waals surface area (Å²) in [5.74, 6) is 1.49. The van der Waals surface area contributed by atoms with Crippen LogP contribution in [0.4, 0.5) is 0 Å². The molecule has 4 aromatic heterocycles. The minimum absolute atomic E-state index is 0.368. The maximum atomic E-state index is 14.3. The molecule has 0 radical (unpaired) electrons. The molecular formula is C47H28N6O2. The Balaban J connectivity index is 1.15. The lowest BCUT2D eigenvalue weighted by molar-refractivity contribution is 0.841. The van der Waals surface area contributed by atoms with E-state index in [-0.39, 0.29) is 5.56 Å². The van der Waals surface area contributed by atoms with E-state index in [2.05, 4.69) is 53.1 Å². The van der Waals surface area contributed by atoms with Crippen LogP contribution in [0.3, 0.4) is 0 Å². The first kappa shape index (κ1) is 30.9. The second kappa shape index (κ2) is 11.9. The quantitative estimate of drug-likeness (QED) is 0.178. The predicted molar refractivity (Wildman–Crippen MR) is 219 cm³/mol. The van der Waals surface area contributed by atoms with Crippen LogP contribution in [-0.4, -0.2) is 28.5 Å². The van der Waals surface area contributed by atoms with Gasteiger partial charge in [0, 0.05) is 33.2 Å². The highest BCUT2D eigenvalue weighted by atomic mass is 16.2. The maximum Gasteiger partial charge on any atom is 0.282 e. The minimum atomic E-state index is -0.398. The number of nitrogens with zero attached hydrogens (tertiary/aromatic N) is 6. The normalized spacial score (nSPS) is 11.8. The third-order valence-electron chi connectivity index (χ3n) is 10.5. The second-order valence-electron chi connectivity index (χ2n) is 13.7. The summed E-state index contributed by atoms with van der Waals surface area (Å²) in [4.78, 5) is 43.1. The summed E-state index contributed by atoms with van der Waals surface area (Å²) in [7, 11) is 0. The van der Waals surface area contributed by atoms with Crippen molar-refractivity contribution in [3.05, 3.63) is 191 Å². The van der Waals surface area contributed by atoms with E-state index in [1.165, 1.54) is 4.52 Å². The molecule has 0 saturated heterocycles. The van der Waals surface area contributed by atoms with Crippen molar-refractivity contribution in [3.8, 4) is 51.0 Å². The maximum absolute atomic E-state index is 14.3. The smallest absolute Gasteiger partial charge is 0.282 e.